The molecule has 2 aromatic rings. The fourth-order valence-corrected chi connectivity index (χ4v) is 4.87. The molecule has 0 aliphatic carbocycles. The standard InChI is InChI=1S/C27H37N3O2/c1-2-30-14-7-10-25(30)20-29-27(31)23-11-12-26-24(18-23)17-21-8-6-9-22(16-21)19-28-13-4-3-5-15-32-26/h6,8-9,11-12,16,18,25,28H,2-5,7,10,13-15,17,19-20H2,1H3,(H,29,31). The molecule has 0 aromatic heterocycles. The predicted molar refractivity (Wildman–Crippen MR) is 129 cm³/mol. The number of carbonyl (C=O) groups excluding carboxylic acids is 1. The number of hydrogen-bond acceptors (Lipinski definition) is 4. The topological polar surface area (TPSA) is 53.6 Å². The molecule has 4 rings (SSSR count). The van der Waals surface area contributed by atoms with Crippen molar-refractivity contribution in [3.05, 3.63) is 64.7 Å². The van der Waals surface area contributed by atoms with Gasteiger partial charge in [-0.15, -0.1) is 0 Å². The van der Waals surface area contributed by atoms with Crippen molar-refractivity contribution in [1.82, 2.24) is 15.5 Å². The molecule has 32 heavy (non-hydrogen) atoms. The summed E-state index contributed by atoms with van der Waals surface area (Å²) in [4.78, 5) is 15.4. The maximum absolute atomic E-state index is 12.9. The molecule has 2 aliphatic rings. The van der Waals surface area contributed by atoms with Crippen LogP contribution in [0, 0.1) is 0 Å². The van der Waals surface area contributed by atoms with E-state index in [1.54, 1.807) is 0 Å². The Morgan fingerprint density at radius 2 is 2.03 bits per heavy atom. The van der Waals surface area contributed by atoms with E-state index < -0.39 is 0 Å². The second-order valence-electron chi connectivity index (χ2n) is 9.04. The van der Waals surface area contributed by atoms with Crippen molar-refractivity contribution < 1.29 is 9.53 Å². The number of hydrogen-bond donors (Lipinski definition) is 2. The van der Waals surface area contributed by atoms with Gasteiger partial charge in [0, 0.05) is 31.1 Å². The molecule has 2 N–H and O–H groups in total. The van der Waals surface area contributed by atoms with Gasteiger partial charge in [-0.25, -0.2) is 0 Å². The highest BCUT2D eigenvalue weighted by Crippen LogP contribution is 2.25. The van der Waals surface area contributed by atoms with Crippen molar-refractivity contribution in [2.45, 2.75) is 58.0 Å². The van der Waals surface area contributed by atoms with Gasteiger partial charge in [-0.1, -0.05) is 31.2 Å². The molecular formula is C27H37N3O2. The summed E-state index contributed by atoms with van der Waals surface area (Å²) < 4.78 is 6.15. The van der Waals surface area contributed by atoms with Crippen molar-refractivity contribution in [3.63, 3.8) is 0 Å². The fraction of sp³-hybridized carbons (Fsp3) is 0.519. The summed E-state index contributed by atoms with van der Waals surface area (Å²) in [5.74, 6) is 0.906. The zero-order chi connectivity index (χ0) is 22.2. The van der Waals surface area contributed by atoms with E-state index in [2.05, 4.69) is 46.7 Å². The number of benzene rings is 2. The first-order valence-electron chi connectivity index (χ1n) is 12.3. The zero-order valence-corrected chi connectivity index (χ0v) is 19.4. The molecule has 5 heteroatoms. The predicted octanol–water partition coefficient (Wildman–Crippen LogP) is 4.14. The lowest BCUT2D eigenvalue weighted by molar-refractivity contribution is 0.0941. The second kappa shape index (κ2) is 11.5. The zero-order valence-electron chi connectivity index (χ0n) is 19.4. The summed E-state index contributed by atoms with van der Waals surface area (Å²) in [6, 6.07) is 15.1. The second-order valence-corrected chi connectivity index (χ2v) is 9.04. The highest BCUT2D eigenvalue weighted by Gasteiger charge is 2.23. The van der Waals surface area contributed by atoms with E-state index in [4.69, 9.17) is 4.74 Å². The molecule has 2 aliphatic heterocycles. The first-order chi connectivity index (χ1) is 15.7. The maximum Gasteiger partial charge on any atom is 0.251 e. The van der Waals surface area contributed by atoms with Crippen molar-refractivity contribution in [2.75, 3.05) is 32.8 Å². The van der Waals surface area contributed by atoms with Gasteiger partial charge < -0.3 is 15.4 Å². The molecule has 1 saturated heterocycles. The Balaban J connectivity index is 1.50. The van der Waals surface area contributed by atoms with Crippen molar-refractivity contribution >= 4 is 5.91 Å². The molecule has 2 bridgehead atoms. The minimum atomic E-state index is 0.00751. The van der Waals surface area contributed by atoms with Crippen LogP contribution in [0.15, 0.2) is 42.5 Å². The first-order valence-corrected chi connectivity index (χ1v) is 12.3. The Morgan fingerprint density at radius 1 is 1.12 bits per heavy atom. The number of amides is 1. The van der Waals surface area contributed by atoms with Crippen LogP contribution in [0.1, 0.15) is 66.1 Å². The van der Waals surface area contributed by atoms with Gasteiger partial charge in [0.2, 0.25) is 0 Å². The smallest absolute Gasteiger partial charge is 0.251 e. The lowest BCUT2D eigenvalue weighted by Gasteiger charge is -2.23. The van der Waals surface area contributed by atoms with Gasteiger partial charge in [0.1, 0.15) is 5.75 Å². The largest absolute Gasteiger partial charge is 0.493 e. The normalized spacial score (nSPS) is 20.1. The average Bonchev–Trinajstić information content (AvgIpc) is 3.27. The van der Waals surface area contributed by atoms with E-state index in [0.717, 1.165) is 76.1 Å². The third kappa shape index (κ3) is 6.11. The lowest BCUT2D eigenvalue weighted by Crippen LogP contribution is -2.40. The third-order valence-corrected chi connectivity index (χ3v) is 6.70. The third-order valence-electron chi connectivity index (χ3n) is 6.70. The molecule has 1 unspecified atom stereocenters. The van der Waals surface area contributed by atoms with Crippen LogP contribution >= 0.6 is 0 Å². The summed E-state index contributed by atoms with van der Waals surface area (Å²) >= 11 is 0. The molecule has 5 nitrogen and oxygen atoms in total. The molecule has 1 amide bonds. The molecular weight excluding hydrogens is 398 g/mol. The van der Waals surface area contributed by atoms with Crippen LogP contribution in [0.5, 0.6) is 5.75 Å². The molecule has 172 valence electrons. The first kappa shape index (κ1) is 22.8. The molecule has 0 saturated carbocycles. The molecule has 2 aromatic carbocycles. The SMILES string of the molecule is CCN1CCCC1CNC(=O)c1ccc2c(c1)Cc1cccc(c1)CNCCCCCO2. The van der Waals surface area contributed by atoms with Gasteiger partial charge in [-0.05, 0) is 86.6 Å². The quantitative estimate of drug-likeness (QED) is 0.758. The fourth-order valence-electron chi connectivity index (χ4n) is 4.87. The van der Waals surface area contributed by atoms with Crippen LogP contribution in [0.2, 0.25) is 0 Å². The number of ether oxygens (including phenoxy) is 1. The van der Waals surface area contributed by atoms with E-state index in [1.807, 2.05) is 18.2 Å². The van der Waals surface area contributed by atoms with E-state index in [-0.39, 0.29) is 5.91 Å². The minimum Gasteiger partial charge on any atom is -0.493 e. The monoisotopic (exact) mass is 435 g/mol. The van der Waals surface area contributed by atoms with E-state index in [1.165, 1.54) is 17.5 Å². The van der Waals surface area contributed by atoms with Crippen molar-refractivity contribution in [2.24, 2.45) is 0 Å². The van der Waals surface area contributed by atoms with Crippen LogP contribution in [-0.2, 0) is 13.0 Å². The number of nitrogens with zero attached hydrogens (tertiary/aromatic N) is 1. The maximum atomic E-state index is 12.9. The van der Waals surface area contributed by atoms with Crippen LogP contribution in [0.4, 0.5) is 0 Å². The molecule has 2 heterocycles. The summed E-state index contributed by atoms with van der Waals surface area (Å²) in [5, 5.41) is 6.71. The van der Waals surface area contributed by atoms with Gasteiger partial charge in [0.15, 0.2) is 0 Å². The summed E-state index contributed by atoms with van der Waals surface area (Å²) in [5.41, 5.74) is 4.34. The average molecular weight is 436 g/mol. The lowest BCUT2D eigenvalue weighted by atomic mass is 9.99. The van der Waals surface area contributed by atoms with Crippen LogP contribution in [0.3, 0.4) is 0 Å². The minimum absolute atomic E-state index is 0.00751. The highest BCUT2D eigenvalue weighted by atomic mass is 16.5. The number of nitrogens with one attached hydrogen (secondary N) is 2. The Morgan fingerprint density at radius 3 is 2.94 bits per heavy atom. The van der Waals surface area contributed by atoms with Gasteiger partial charge >= 0.3 is 0 Å². The Bertz CT molecular complexity index is 898. The van der Waals surface area contributed by atoms with Crippen LogP contribution < -0.4 is 15.4 Å². The van der Waals surface area contributed by atoms with Gasteiger partial charge in [0.25, 0.3) is 5.91 Å². The number of likely N-dealkylation sites (N-methyl/N-ethyl adjacent to an activating group) is 1. The van der Waals surface area contributed by atoms with Crippen LogP contribution in [-0.4, -0.2) is 49.6 Å². The Kier molecular flexibility index (Phi) is 8.18. The van der Waals surface area contributed by atoms with E-state index in [0.29, 0.717) is 18.2 Å². The molecule has 1 fully saturated rings. The molecule has 1 atom stereocenters. The Labute approximate surface area is 192 Å². The summed E-state index contributed by atoms with van der Waals surface area (Å²) in [6.45, 7) is 7.75. The number of likely N-dealkylation sites (tertiary alicyclic amines) is 1. The summed E-state index contributed by atoms with van der Waals surface area (Å²) in [7, 11) is 0. The number of fused-ring (bicyclic) bond motifs is 3. The van der Waals surface area contributed by atoms with Crippen molar-refractivity contribution in [1.29, 1.82) is 0 Å². The van der Waals surface area contributed by atoms with E-state index in [9.17, 15) is 4.79 Å². The van der Waals surface area contributed by atoms with Gasteiger partial charge in [0.05, 0.1) is 6.61 Å². The van der Waals surface area contributed by atoms with Gasteiger partial charge in [-0.2, -0.15) is 0 Å². The van der Waals surface area contributed by atoms with E-state index >= 15 is 0 Å². The van der Waals surface area contributed by atoms with Gasteiger partial charge in [-0.3, -0.25) is 9.69 Å². The molecule has 0 radical (unpaired) electrons. The summed E-state index contributed by atoms with van der Waals surface area (Å²) in [6.07, 6.45) is 6.50. The molecule has 0 spiro atoms. The Hall–Kier alpha value is -2.37. The van der Waals surface area contributed by atoms with Crippen LogP contribution in [0.25, 0.3) is 0 Å². The number of carbonyl (C=O) groups is 1. The number of rotatable bonds is 4. The highest BCUT2D eigenvalue weighted by molar-refractivity contribution is 5.94. The van der Waals surface area contributed by atoms with Crippen molar-refractivity contribution in [3.8, 4) is 5.75 Å².